The van der Waals surface area contributed by atoms with Crippen LogP contribution in [-0.4, -0.2) is 22.8 Å². The largest absolute Gasteiger partial charge is 0.478 e. The molecule has 0 heterocycles. The molecule has 2 aliphatic rings. The van der Waals surface area contributed by atoms with Crippen LogP contribution >= 0.6 is 0 Å². The van der Waals surface area contributed by atoms with E-state index in [9.17, 15) is 4.79 Å². The number of rotatable bonds is 3. The van der Waals surface area contributed by atoms with Crippen molar-refractivity contribution in [2.75, 3.05) is 6.61 Å². The Morgan fingerprint density at radius 3 is 2.53 bits per heavy atom. The number of carboxylic acid groups (broad SMARTS) is 1. The summed E-state index contributed by atoms with van der Waals surface area (Å²) in [7, 11) is 0. The van der Waals surface area contributed by atoms with E-state index in [-0.39, 0.29) is 12.2 Å². The standard InChI is InChI=1S/C14H22O3/c15-9-12(14(16)17)8-11-6-3-5-10-4-1-2-7-13(10)11/h8,10-11,13,15H,1-7,9H2,(H,16,17). The lowest BCUT2D eigenvalue weighted by Gasteiger charge is -2.40. The zero-order chi connectivity index (χ0) is 12.3. The second-order valence-corrected chi connectivity index (χ2v) is 5.46. The summed E-state index contributed by atoms with van der Waals surface area (Å²) in [6.45, 7) is -0.344. The molecule has 2 saturated carbocycles. The molecule has 0 aromatic carbocycles. The number of fused-ring (bicyclic) bond motifs is 1. The van der Waals surface area contributed by atoms with Crippen LogP contribution in [0.4, 0.5) is 0 Å². The van der Waals surface area contributed by atoms with Gasteiger partial charge in [-0.1, -0.05) is 38.2 Å². The number of carbonyl (C=O) groups is 1. The van der Waals surface area contributed by atoms with E-state index in [4.69, 9.17) is 10.2 Å². The van der Waals surface area contributed by atoms with Crippen molar-refractivity contribution in [1.82, 2.24) is 0 Å². The molecule has 0 aromatic rings. The first-order chi connectivity index (χ1) is 8.22. The average molecular weight is 238 g/mol. The summed E-state index contributed by atoms with van der Waals surface area (Å²) in [6, 6.07) is 0. The Morgan fingerprint density at radius 1 is 1.12 bits per heavy atom. The predicted molar refractivity (Wildman–Crippen MR) is 65.6 cm³/mol. The van der Waals surface area contributed by atoms with Gasteiger partial charge in [0.2, 0.25) is 0 Å². The molecular formula is C14H22O3. The normalized spacial score (nSPS) is 34.2. The van der Waals surface area contributed by atoms with E-state index in [0.29, 0.717) is 11.8 Å². The lowest BCUT2D eigenvalue weighted by atomic mass is 9.65. The van der Waals surface area contributed by atoms with Crippen LogP contribution in [0, 0.1) is 17.8 Å². The highest BCUT2D eigenvalue weighted by atomic mass is 16.4. The third-order valence-corrected chi connectivity index (χ3v) is 4.49. The quantitative estimate of drug-likeness (QED) is 0.743. The highest BCUT2D eigenvalue weighted by molar-refractivity contribution is 5.86. The first-order valence-corrected chi connectivity index (χ1v) is 6.77. The molecule has 17 heavy (non-hydrogen) atoms. The Kier molecular flexibility index (Phi) is 4.21. The molecular weight excluding hydrogens is 216 g/mol. The van der Waals surface area contributed by atoms with Crippen molar-refractivity contribution >= 4 is 5.97 Å². The molecule has 3 heteroatoms. The highest BCUT2D eigenvalue weighted by Crippen LogP contribution is 2.44. The summed E-state index contributed by atoms with van der Waals surface area (Å²) >= 11 is 0. The van der Waals surface area contributed by atoms with Crippen molar-refractivity contribution in [3.05, 3.63) is 11.6 Å². The fourth-order valence-corrected chi connectivity index (χ4v) is 3.65. The van der Waals surface area contributed by atoms with Crippen molar-refractivity contribution in [3.63, 3.8) is 0 Å². The Bertz CT molecular complexity index is 307. The lowest BCUT2D eigenvalue weighted by molar-refractivity contribution is -0.133. The van der Waals surface area contributed by atoms with Gasteiger partial charge in [0.25, 0.3) is 0 Å². The molecule has 0 amide bonds. The summed E-state index contributed by atoms with van der Waals surface area (Å²) in [5.41, 5.74) is 0.182. The van der Waals surface area contributed by atoms with Crippen LogP contribution in [0.5, 0.6) is 0 Å². The van der Waals surface area contributed by atoms with Crippen molar-refractivity contribution in [1.29, 1.82) is 0 Å². The van der Waals surface area contributed by atoms with Gasteiger partial charge < -0.3 is 10.2 Å². The van der Waals surface area contributed by atoms with Gasteiger partial charge in [-0.05, 0) is 30.6 Å². The second kappa shape index (κ2) is 5.67. The Labute approximate surface area is 103 Å². The zero-order valence-electron chi connectivity index (χ0n) is 10.3. The van der Waals surface area contributed by atoms with Gasteiger partial charge >= 0.3 is 5.97 Å². The number of aliphatic hydroxyl groups is 1. The molecule has 0 aromatic heterocycles. The van der Waals surface area contributed by atoms with E-state index < -0.39 is 5.97 Å². The third kappa shape index (κ3) is 2.89. The van der Waals surface area contributed by atoms with Gasteiger partial charge in [0.05, 0.1) is 12.2 Å². The van der Waals surface area contributed by atoms with E-state index in [1.807, 2.05) is 6.08 Å². The fourth-order valence-electron chi connectivity index (χ4n) is 3.65. The lowest BCUT2D eigenvalue weighted by Crippen LogP contribution is -2.30. The van der Waals surface area contributed by atoms with Gasteiger partial charge in [-0.2, -0.15) is 0 Å². The van der Waals surface area contributed by atoms with E-state index in [1.165, 1.54) is 38.5 Å². The summed E-state index contributed by atoms with van der Waals surface area (Å²) in [5, 5.41) is 18.0. The molecule has 0 radical (unpaired) electrons. The van der Waals surface area contributed by atoms with Crippen LogP contribution in [0.3, 0.4) is 0 Å². The molecule has 96 valence electrons. The van der Waals surface area contributed by atoms with Gasteiger partial charge in [0, 0.05) is 0 Å². The SMILES string of the molecule is O=C(O)C(=CC1CCCC2CCCCC12)CO. The molecule has 3 atom stereocenters. The Balaban J connectivity index is 2.10. The molecule has 2 fully saturated rings. The number of carboxylic acids is 1. The number of hydrogen-bond acceptors (Lipinski definition) is 2. The molecule has 2 aliphatic carbocycles. The Hall–Kier alpha value is -0.830. The fraction of sp³-hybridized carbons (Fsp3) is 0.786. The minimum Gasteiger partial charge on any atom is -0.478 e. The zero-order valence-corrected chi connectivity index (χ0v) is 10.3. The van der Waals surface area contributed by atoms with Crippen LogP contribution in [0.1, 0.15) is 44.9 Å². The molecule has 2 N–H and O–H groups in total. The molecule has 3 unspecified atom stereocenters. The second-order valence-electron chi connectivity index (χ2n) is 5.46. The first-order valence-electron chi connectivity index (χ1n) is 6.77. The van der Waals surface area contributed by atoms with Crippen LogP contribution < -0.4 is 0 Å². The van der Waals surface area contributed by atoms with Gasteiger partial charge in [-0.25, -0.2) is 4.79 Å². The van der Waals surface area contributed by atoms with E-state index in [2.05, 4.69) is 0 Å². The van der Waals surface area contributed by atoms with Gasteiger partial charge in [-0.15, -0.1) is 0 Å². The van der Waals surface area contributed by atoms with Gasteiger partial charge in [0.15, 0.2) is 0 Å². The molecule has 0 spiro atoms. The van der Waals surface area contributed by atoms with Crippen LogP contribution in [-0.2, 0) is 4.79 Å². The predicted octanol–water partition coefficient (Wildman–Crippen LogP) is 2.60. The molecule has 0 aliphatic heterocycles. The smallest absolute Gasteiger partial charge is 0.333 e. The van der Waals surface area contributed by atoms with E-state index >= 15 is 0 Å². The summed E-state index contributed by atoms with van der Waals surface area (Å²) in [5.74, 6) is 0.878. The third-order valence-electron chi connectivity index (χ3n) is 4.49. The number of aliphatic carboxylic acids is 1. The monoisotopic (exact) mass is 238 g/mol. The number of aliphatic hydroxyl groups excluding tert-OH is 1. The molecule has 3 nitrogen and oxygen atoms in total. The maximum absolute atomic E-state index is 10.9. The summed E-state index contributed by atoms with van der Waals surface area (Å²) in [4.78, 5) is 10.9. The van der Waals surface area contributed by atoms with Crippen LogP contribution in [0.15, 0.2) is 11.6 Å². The minimum absolute atomic E-state index is 0.182. The van der Waals surface area contributed by atoms with Crippen molar-refractivity contribution in [3.8, 4) is 0 Å². The average Bonchev–Trinajstić information content (AvgIpc) is 2.35. The van der Waals surface area contributed by atoms with Crippen molar-refractivity contribution < 1.29 is 15.0 Å². The maximum Gasteiger partial charge on any atom is 0.333 e. The Morgan fingerprint density at radius 2 is 1.82 bits per heavy atom. The van der Waals surface area contributed by atoms with Crippen molar-refractivity contribution in [2.24, 2.45) is 17.8 Å². The molecule has 2 rings (SSSR count). The van der Waals surface area contributed by atoms with E-state index in [0.717, 1.165) is 12.3 Å². The van der Waals surface area contributed by atoms with Gasteiger partial charge in [-0.3, -0.25) is 0 Å². The molecule has 0 bridgehead atoms. The maximum atomic E-state index is 10.9. The minimum atomic E-state index is -0.967. The van der Waals surface area contributed by atoms with E-state index in [1.54, 1.807) is 0 Å². The van der Waals surface area contributed by atoms with Gasteiger partial charge in [0.1, 0.15) is 0 Å². The number of hydrogen-bond donors (Lipinski definition) is 2. The topological polar surface area (TPSA) is 57.5 Å². The summed E-state index contributed by atoms with van der Waals surface area (Å²) in [6.07, 6.45) is 10.6. The van der Waals surface area contributed by atoms with Crippen molar-refractivity contribution in [2.45, 2.75) is 44.9 Å². The highest BCUT2D eigenvalue weighted by Gasteiger charge is 2.34. The van der Waals surface area contributed by atoms with Crippen LogP contribution in [0.2, 0.25) is 0 Å². The first kappa shape index (κ1) is 12.6. The number of allylic oxidation sites excluding steroid dienone is 1. The molecule has 0 saturated heterocycles. The van der Waals surface area contributed by atoms with Crippen LogP contribution in [0.25, 0.3) is 0 Å². The summed E-state index contributed by atoms with van der Waals surface area (Å²) < 4.78 is 0.